The molecule has 0 spiro atoms. The number of H-pyrrole nitrogens is 1. The summed E-state index contributed by atoms with van der Waals surface area (Å²) < 4.78 is 0. The average molecular weight is 309 g/mol. The minimum Gasteiger partial charge on any atom is -0.508 e. The molecule has 5 nitrogen and oxygen atoms in total. The molecule has 3 aromatic rings. The second kappa shape index (κ2) is 5.54. The van der Waals surface area contributed by atoms with Gasteiger partial charge in [-0.2, -0.15) is 5.26 Å². The fourth-order valence-electron chi connectivity index (χ4n) is 2.24. The third kappa shape index (κ3) is 2.43. The number of benzene rings is 2. The molecule has 108 valence electrons. The van der Waals surface area contributed by atoms with Gasteiger partial charge < -0.3 is 10.1 Å². The van der Waals surface area contributed by atoms with Crippen molar-refractivity contribution in [2.24, 2.45) is 0 Å². The summed E-state index contributed by atoms with van der Waals surface area (Å²) in [5.74, 6) is 0.192. The van der Waals surface area contributed by atoms with E-state index in [4.69, 9.17) is 0 Å². The highest BCUT2D eigenvalue weighted by molar-refractivity contribution is 7.98. The highest BCUT2D eigenvalue weighted by Crippen LogP contribution is 2.27. The molecule has 2 aromatic carbocycles. The number of thioether (sulfide) groups is 1. The molecule has 0 aliphatic carbocycles. The summed E-state index contributed by atoms with van der Waals surface area (Å²) >= 11 is 1.31. The topological polar surface area (TPSA) is 89.8 Å². The molecule has 0 atom stereocenters. The van der Waals surface area contributed by atoms with Crippen molar-refractivity contribution in [2.75, 3.05) is 6.26 Å². The molecule has 3 rings (SSSR count). The number of nitrogens with zero attached hydrogens (tertiary/aromatic N) is 2. The van der Waals surface area contributed by atoms with Crippen molar-refractivity contribution in [1.29, 1.82) is 5.26 Å². The number of hydrogen-bond donors (Lipinski definition) is 2. The van der Waals surface area contributed by atoms with Gasteiger partial charge in [0, 0.05) is 5.56 Å². The molecule has 0 saturated carbocycles. The van der Waals surface area contributed by atoms with E-state index in [1.54, 1.807) is 30.5 Å². The third-order valence-corrected chi connectivity index (χ3v) is 3.88. The van der Waals surface area contributed by atoms with Crippen LogP contribution in [0, 0.1) is 11.3 Å². The predicted molar refractivity (Wildman–Crippen MR) is 86.0 cm³/mol. The maximum Gasteiger partial charge on any atom is 0.270 e. The summed E-state index contributed by atoms with van der Waals surface area (Å²) in [6, 6.07) is 12.4. The second-order valence-electron chi connectivity index (χ2n) is 4.66. The van der Waals surface area contributed by atoms with Crippen LogP contribution in [0.5, 0.6) is 5.75 Å². The van der Waals surface area contributed by atoms with E-state index >= 15 is 0 Å². The molecule has 0 saturated heterocycles. The largest absolute Gasteiger partial charge is 0.508 e. The van der Waals surface area contributed by atoms with E-state index in [0.29, 0.717) is 16.4 Å². The van der Waals surface area contributed by atoms with Crippen LogP contribution in [0.3, 0.4) is 0 Å². The molecule has 0 aliphatic rings. The number of phenolic OH excluding ortho intramolecular Hbond substituents is 1. The van der Waals surface area contributed by atoms with Gasteiger partial charge in [-0.3, -0.25) is 4.79 Å². The van der Waals surface area contributed by atoms with E-state index in [0.717, 1.165) is 10.8 Å². The third-order valence-electron chi connectivity index (χ3n) is 3.30. The zero-order chi connectivity index (χ0) is 15.7. The van der Waals surface area contributed by atoms with Crippen LogP contribution >= 0.6 is 11.8 Å². The lowest BCUT2D eigenvalue weighted by Crippen LogP contribution is -2.14. The molecule has 0 fully saturated rings. The van der Waals surface area contributed by atoms with Crippen LogP contribution in [0.4, 0.5) is 0 Å². The van der Waals surface area contributed by atoms with E-state index in [-0.39, 0.29) is 11.3 Å². The van der Waals surface area contributed by atoms with E-state index < -0.39 is 5.56 Å². The Morgan fingerprint density at radius 2 is 1.95 bits per heavy atom. The molecular weight excluding hydrogens is 298 g/mol. The van der Waals surface area contributed by atoms with E-state index in [9.17, 15) is 15.2 Å². The van der Waals surface area contributed by atoms with Crippen molar-refractivity contribution >= 4 is 22.5 Å². The van der Waals surface area contributed by atoms with Gasteiger partial charge in [0.2, 0.25) is 0 Å². The lowest BCUT2D eigenvalue weighted by Gasteiger charge is -2.07. The first kappa shape index (κ1) is 14.2. The number of nitrogens with one attached hydrogen (secondary N) is 1. The van der Waals surface area contributed by atoms with Gasteiger partial charge in [0.25, 0.3) is 5.56 Å². The zero-order valence-corrected chi connectivity index (χ0v) is 12.4. The molecule has 2 N–H and O–H groups in total. The van der Waals surface area contributed by atoms with Gasteiger partial charge in [-0.25, -0.2) is 4.98 Å². The minimum absolute atomic E-state index is 0.00377. The first-order valence-corrected chi connectivity index (χ1v) is 7.66. The van der Waals surface area contributed by atoms with Crippen molar-refractivity contribution in [2.45, 2.75) is 5.16 Å². The fourth-order valence-corrected chi connectivity index (χ4v) is 2.62. The number of aromatic amines is 1. The predicted octanol–water partition coefficient (Wildman–Crippen LogP) is 2.89. The van der Waals surface area contributed by atoms with Gasteiger partial charge in [0.05, 0.1) is 5.69 Å². The SMILES string of the molecule is CSc1nc(-c2ccc3cc(O)ccc3c2)c(C#N)c(=O)[nH]1. The van der Waals surface area contributed by atoms with E-state index in [2.05, 4.69) is 9.97 Å². The molecule has 1 heterocycles. The van der Waals surface area contributed by atoms with Crippen molar-refractivity contribution in [3.05, 3.63) is 52.3 Å². The number of hydrogen-bond acceptors (Lipinski definition) is 5. The Bertz CT molecular complexity index is 973. The van der Waals surface area contributed by atoms with Gasteiger partial charge in [-0.15, -0.1) is 0 Å². The summed E-state index contributed by atoms with van der Waals surface area (Å²) in [7, 11) is 0. The van der Waals surface area contributed by atoms with Crippen molar-refractivity contribution in [3.8, 4) is 23.1 Å². The van der Waals surface area contributed by atoms with Crippen LogP contribution in [0.2, 0.25) is 0 Å². The Morgan fingerprint density at radius 3 is 2.68 bits per heavy atom. The quantitative estimate of drug-likeness (QED) is 0.561. The van der Waals surface area contributed by atoms with Gasteiger partial charge >= 0.3 is 0 Å². The molecule has 0 amide bonds. The van der Waals surface area contributed by atoms with Crippen LogP contribution in [-0.2, 0) is 0 Å². The molecule has 0 bridgehead atoms. The van der Waals surface area contributed by atoms with Gasteiger partial charge in [-0.05, 0) is 35.2 Å². The lowest BCUT2D eigenvalue weighted by atomic mass is 10.0. The molecule has 22 heavy (non-hydrogen) atoms. The number of phenols is 1. The normalized spacial score (nSPS) is 10.5. The Hall–Kier alpha value is -2.78. The maximum absolute atomic E-state index is 12.0. The summed E-state index contributed by atoms with van der Waals surface area (Å²) in [6.45, 7) is 0. The van der Waals surface area contributed by atoms with Crippen LogP contribution < -0.4 is 5.56 Å². The fraction of sp³-hybridized carbons (Fsp3) is 0.0625. The smallest absolute Gasteiger partial charge is 0.270 e. The van der Waals surface area contributed by atoms with E-state index in [1.807, 2.05) is 18.2 Å². The van der Waals surface area contributed by atoms with Crippen LogP contribution in [-0.4, -0.2) is 21.3 Å². The molecular formula is C16H11N3O2S. The highest BCUT2D eigenvalue weighted by Gasteiger charge is 2.13. The Kier molecular flexibility index (Phi) is 3.57. The minimum atomic E-state index is -0.442. The zero-order valence-electron chi connectivity index (χ0n) is 11.6. The Morgan fingerprint density at radius 1 is 1.23 bits per heavy atom. The summed E-state index contributed by atoms with van der Waals surface area (Å²) in [4.78, 5) is 18.9. The second-order valence-corrected chi connectivity index (χ2v) is 5.45. The molecule has 0 radical (unpaired) electrons. The first-order chi connectivity index (χ1) is 10.6. The number of nitriles is 1. The van der Waals surface area contributed by atoms with E-state index in [1.165, 1.54) is 11.8 Å². The average Bonchev–Trinajstić information content (AvgIpc) is 2.53. The molecule has 0 unspecified atom stereocenters. The van der Waals surface area contributed by atoms with Crippen LogP contribution in [0.15, 0.2) is 46.3 Å². The lowest BCUT2D eigenvalue weighted by molar-refractivity contribution is 0.476. The number of aromatic hydroxyl groups is 1. The summed E-state index contributed by atoms with van der Waals surface area (Å²) in [6.07, 6.45) is 1.80. The van der Waals surface area contributed by atoms with Gasteiger partial charge in [0.15, 0.2) is 5.16 Å². The summed E-state index contributed by atoms with van der Waals surface area (Å²) in [5.41, 5.74) is 0.611. The van der Waals surface area contributed by atoms with Crippen molar-refractivity contribution < 1.29 is 5.11 Å². The number of aromatic nitrogens is 2. The van der Waals surface area contributed by atoms with Crippen molar-refractivity contribution in [3.63, 3.8) is 0 Å². The maximum atomic E-state index is 12.0. The summed E-state index contributed by atoms with van der Waals surface area (Å²) in [5, 5.41) is 21.0. The molecule has 1 aromatic heterocycles. The number of fused-ring (bicyclic) bond motifs is 1. The highest BCUT2D eigenvalue weighted by atomic mass is 32.2. The van der Waals surface area contributed by atoms with Gasteiger partial charge in [0.1, 0.15) is 17.4 Å². The van der Waals surface area contributed by atoms with Crippen LogP contribution in [0.1, 0.15) is 5.56 Å². The number of rotatable bonds is 2. The van der Waals surface area contributed by atoms with Crippen molar-refractivity contribution in [1.82, 2.24) is 9.97 Å². The first-order valence-electron chi connectivity index (χ1n) is 6.44. The molecule has 6 heteroatoms. The van der Waals surface area contributed by atoms with Gasteiger partial charge in [-0.1, -0.05) is 30.0 Å². The monoisotopic (exact) mass is 309 g/mol. The van der Waals surface area contributed by atoms with Crippen LogP contribution in [0.25, 0.3) is 22.0 Å². The Balaban J connectivity index is 2.27. The Labute approximate surface area is 130 Å². The standard InChI is InChI=1S/C16H11N3O2S/c1-22-16-18-14(13(8-17)15(21)19-16)11-3-2-10-7-12(20)5-4-9(10)6-11/h2-7,20H,1H3,(H,18,19,21). The molecule has 0 aliphatic heterocycles.